The molecule has 3 aromatic rings. The number of hydrogen-bond donors (Lipinski definition) is 0. The lowest BCUT2D eigenvalue weighted by Crippen LogP contribution is -1.95. The maximum Gasteiger partial charge on any atom is 0.194 e. The topological polar surface area (TPSA) is 59.5 Å². The first-order valence-electron chi connectivity index (χ1n) is 6.31. The average molecular weight is 299 g/mol. The highest BCUT2D eigenvalue weighted by Crippen LogP contribution is 2.36. The SMILES string of the molecule is COc1ccc(OC)c(-c2csc3ncc(CC#N)n23)c1. The number of hydrogen-bond acceptors (Lipinski definition) is 5. The van der Waals surface area contributed by atoms with E-state index in [0.29, 0.717) is 6.42 Å². The summed E-state index contributed by atoms with van der Waals surface area (Å²) in [6.45, 7) is 0. The van der Waals surface area contributed by atoms with E-state index in [1.54, 1.807) is 20.4 Å². The van der Waals surface area contributed by atoms with Crippen molar-refractivity contribution in [1.29, 1.82) is 5.26 Å². The first-order chi connectivity index (χ1) is 10.3. The minimum absolute atomic E-state index is 0.317. The molecule has 0 fully saturated rings. The molecule has 0 amide bonds. The highest BCUT2D eigenvalue weighted by Gasteiger charge is 2.15. The Kier molecular flexibility index (Phi) is 3.50. The van der Waals surface area contributed by atoms with Gasteiger partial charge in [-0.05, 0) is 18.2 Å². The first-order valence-corrected chi connectivity index (χ1v) is 7.19. The summed E-state index contributed by atoms with van der Waals surface area (Å²) in [5.41, 5.74) is 2.74. The molecule has 0 unspecified atom stereocenters. The highest BCUT2D eigenvalue weighted by molar-refractivity contribution is 7.15. The molecule has 0 saturated heterocycles. The van der Waals surface area contributed by atoms with Gasteiger partial charge in [0.05, 0.1) is 44.3 Å². The number of nitrogens with zero attached hydrogens (tertiary/aromatic N) is 3. The molecule has 0 radical (unpaired) electrons. The van der Waals surface area contributed by atoms with Gasteiger partial charge >= 0.3 is 0 Å². The number of methoxy groups -OCH3 is 2. The number of ether oxygens (including phenoxy) is 2. The number of fused-ring (bicyclic) bond motifs is 1. The third kappa shape index (κ3) is 2.22. The van der Waals surface area contributed by atoms with E-state index in [2.05, 4.69) is 11.1 Å². The molecular weight excluding hydrogens is 286 g/mol. The molecule has 0 aliphatic rings. The minimum atomic E-state index is 0.317. The van der Waals surface area contributed by atoms with Crippen LogP contribution in [-0.4, -0.2) is 23.6 Å². The van der Waals surface area contributed by atoms with E-state index in [1.165, 1.54) is 11.3 Å². The summed E-state index contributed by atoms with van der Waals surface area (Å²) in [7, 11) is 3.27. The summed E-state index contributed by atoms with van der Waals surface area (Å²) >= 11 is 1.53. The Balaban J connectivity index is 2.25. The van der Waals surface area contributed by atoms with Gasteiger partial charge in [0, 0.05) is 10.9 Å². The Morgan fingerprint density at radius 1 is 1.33 bits per heavy atom. The largest absolute Gasteiger partial charge is 0.497 e. The maximum atomic E-state index is 8.95. The van der Waals surface area contributed by atoms with Crippen LogP contribution in [0.15, 0.2) is 29.8 Å². The average Bonchev–Trinajstić information content (AvgIpc) is 3.10. The smallest absolute Gasteiger partial charge is 0.194 e. The second-order valence-electron chi connectivity index (χ2n) is 4.39. The van der Waals surface area contributed by atoms with Crippen LogP contribution < -0.4 is 9.47 Å². The number of benzene rings is 1. The molecule has 0 spiro atoms. The van der Waals surface area contributed by atoms with Gasteiger partial charge in [-0.15, -0.1) is 11.3 Å². The van der Waals surface area contributed by atoms with E-state index < -0.39 is 0 Å². The van der Waals surface area contributed by atoms with Gasteiger partial charge in [0.15, 0.2) is 4.96 Å². The number of imidazole rings is 1. The monoisotopic (exact) mass is 299 g/mol. The van der Waals surface area contributed by atoms with Gasteiger partial charge in [-0.3, -0.25) is 4.40 Å². The number of rotatable bonds is 4. The number of thiazole rings is 1. The van der Waals surface area contributed by atoms with Crippen LogP contribution >= 0.6 is 11.3 Å². The zero-order valence-corrected chi connectivity index (χ0v) is 12.5. The third-order valence-electron chi connectivity index (χ3n) is 3.26. The number of nitriles is 1. The summed E-state index contributed by atoms with van der Waals surface area (Å²) < 4.78 is 12.7. The van der Waals surface area contributed by atoms with Crippen LogP contribution in [0.2, 0.25) is 0 Å². The summed E-state index contributed by atoms with van der Waals surface area (Å²) in [6, 6.07) is 7.83. The first kappa shape index (κ1) is 13.5. The van der Waals surface area contributed by atoms with Gasteiger partial charge in [0.1, 0.15) is 11.5 Å². The van der Waals surface area contributed by atoms with Gasteiger partial charge in [0.25, 0.3) is 0 Å². The molecule has 2 aromatic heterocycles. The van der Waals surface area contributed by atoms with Crippen LogP contribution in [0.25, 0.3) is 16.2 Å². The van der Waals surface area contributed by atoms with Crippen molar-refractivity contribution >= 4 is 16.3 Å². The Morgan fingerprint density at radius 3 is 2.90 bits per heavy atom. The van der Waals surface area contributed by atoms with Crippen molar-refractivity contribution in [2.45, 2.75) is 6.42 Å². The molecule has 5 nitrogen and oxygen atoms in total. The van der Waals surface area contributed by atoms with E-state index in [9.17, 15) is 0 Å². The molecule has 0 atom stereocenters. The molecule has 3 rings (SSSR count). The van der Waals surface area contributed by atoms with E-state index in [4.69, 9.17) is 14.7 Å². The molecule has 0 N–H and O–H groups in total. The Labute approximate surface area is 126 Å². The normalized spacial score (nSPS) is 10.5. The fourth-order valence-electron chi connectivity index (χ4n) is 2.27. The van der Waals surface area contributed by atoms with Gasteiger partial charge in [-0.1, -0.05) is 0 Å². The van der Waals surface area contributed by atoms with Crippen molar-refractivity contribution in [2.24, 2.45) is 0 Å². The van der Waals surface area contributed by atoms with Crippen molar-refractivity contribution in [2.75, 3.05) is 14.2 Å². The summed E-state index contributed by atoms with van der Waals surface area (Å²) in [6.07, 6.45) is 2.06. The van der Waals surface area contributed by atoms with Crippen molar-refractivity contribution < 1.29 is 9.47 Å². The summed E-state index contributed by atoms with van der Waals surface area (Å²) in [5.74, 6) is 1.51. The van der Waals surface area contributed by atoms with Crippen molar-refractivity contribution in [3.8, 4) is 28.8 Å². The minimum Gasteiger partial charge on any atom is -0.497 e. The van der Waals surface area contributed by atoms with E-state index in [0.717, 1.165) is 33.4 Å². The zero-order valence-electron chi connectivity index (χ0n) is 11.7. The van der Waals surface area contributed by atoms with Gasteiger partial charge in [-0.2, -0.15) is 5.26 Å². The van der Waals surface area contributed by atoms with Crippen LogP contribution in [-0.2, 0) is 6.42 Å². The lowest BCUT2D eigenvalue weighted by atomic mass is 10.1. The molecule has 1 aromatic carbocycles. The lowest BCUT2D eigenvalue weighted by molar-refractivity contribution is 0.404. The van der Waals surface area contributed by atoms with Crippen molar-refractivity contribution in [3.05, 3.63) is 35.5 Å². The van der Waals surface area contributed by atoms with Gasteiger partial charge < -0.3 is 9.47 Å². The fourth-order valence-corrected chi connectivity index (χ4v) is 3.16. The van der Waals surface area contributed by atoms with E-state index in [1.807, 2.05) is 28.0 Å². The summed E-state index contributed by atoms with van der Waals surface area (Å²) in [5, 5.41) is 11.0. The second kappa shape index (κ2) is 5.46. The molecule has 6 heteroatoms. The highest BCUT2D eigenvalue weighted by atomic mass is 32.1. The Morgan fingerprint density at radius 2 is 2.19 bits per heavy atom. The van der Waals surface area contributed by atoms with Crippen LogP contribution in [0.5, 0.6) is 11.5 Å². The molecule has 0 aliphatic carbocycles. The predicted octanol–water partition coefficient (Wildman–Crippen LogP) is 3.15. The Hall–Kier alpha value is -2.52. The molecule has 21 heavy (non-hydrogen) atoms. The molecule has 106 valence electrons. The standard InChI is InChI=1S/C15H13N3O2S/c1-19-11-3-4-14(20-2)12(7-11)13-9-21-15-17-8-10(5-6-16)18(13)15/h3-4,7-9H,5H2,1-2H3. The quantitative estimate of drug-likeness (QED) is 0.742. The van der Waals surface area contributed by atoms with Crippen LogP contribution in [0.4, 0.5) is 0 Å². The van der Waals surface area contributed by atoms with Crippen LogP contribution in [0.3, 0.4) is 0 Å². The number of aromatic nitrogens is 2. The Bertz CT molecular complexity index is 829. The molecule has 0 aliphatic heterocycles. The van der Waals surface area contributed by atoms with Crippen LogP contribution in [0.1, 0.15) is 5.69 Å². The second-order valence-corrected chi connectivity index (χ2v) is 5.23. The molecule has 2 heterocycles. The third-order valence-corrected chi connectivity index (χ3v) is 4.10. The van der Waals surface area contributed by atoms with Crippen molar-refractivity contribution in [1.82, 2.24) is 9.38 Å². The van der Waals surface area contributed by atoms with Gasteiger partial charge in [0.2, 0.25) is 0 Å². The maximum absolute atomic E-state index is 8.95. The molecular formula is C15H13N3O2S. The fraction of sp³-hybridized carbons (Fsp3) is 0.200. The van der Waals surface area contributed by atoms with E-state index in [-0.39, 0.29) is 0 Å². The lowest BCUT2D eigenvalue weighted by Gasteiger charge is -2.10. The van der Waals surface area contributed by atoms with Crippen molar-refractivity contribution in [3.63, 3.8) is 0 Å². The molecule has 0 saturated carbocycles. The molecule has 0 bridgehead atoms. The van der Waals surface area contributed by atoms with E-state index >= 15 is 0 Å². The predicted molar refractivity (Wildman–Crippen MR) is 80.9 cm³/mol. The van der Waals surface area contributed by atoms with Crippen LogP contribution in [0, 0.1) is 11.3 Å². The summed E-state index contributed by atoms with van der Waals surface area (Å²) in [4.78, 5) is 5.20. The van der Waals surface area contributed by atoms with Gasteiger partial charge in [-0.25, -0.2) is 4.98 Å². The zero-order chi connectivity index (χ0) is 14.8.